The molecule has 0 saturated heterocycles. The molecule has 0 aliphatic carbocycles. The first-order valence-corrected chi connectivity index (χ1v) is 7.64. The van der Waals surface area contributed by atoms with Crippen molar-refractivity contribution in [2.75, 3.05) is 12.0 Å². The molecule has 2 N–H and O–H groups in total. The predicted molar refractivity (Wildman–Crippen MR) is 79.0 cm³/mol. The number of halogens is 1. The number of nitrogen functional groups attached to an aromatic ring is 1. The smallest absolute Gasteiger partial charge is 0.167 e. The second-order valence-electron chi connectivity index (χ2n) is 3.89. The van der Waals surface area contributed by atoms with Gasteiger partial charge in [-0.1, -0.05) is 6.07 Å². The van der Waals surface area contributed by atoms with Gasteiger partial charge < -0.3 is 5.73 Å². The van der Waals surface area contributed by atoms with Gasteiger partial charge in [0.05, 0.1) is 10.9 Å². The number of hydrogen-bond donors (Lipinski definition) is 1. The molecule has 0 aliphatic rings. The van der Waals surface area contributed by atoms with Crippen LogP contribution in [0.3, 0.4) is 0 Å². The van der Waals surface area contributed by atoms with E-state index in [1.165, 1.54) is 29.2 Å². The minimum atomic E-state index is -0.331. The summed E-state index contributed by atoms with van der Waals surface area (Å²) in [5, 5.41) is 2.71. The molecule has 6 heteroatoms. The van der Waals surface area contributed by atoms with Gasteiger partial charge in [-0.2, -0.15) is 0 Å². The SMILES string of the molecule is CSc1cccc(F)c1-c1nc(N)c2ccsc2n1. The summed E-state index contributed by atoms with van der Waals surface area (Å²) in [7, 11) is 0. The van der Waals surface area contributed by atoms with Crippen LogP contribution in [0.5, 0.6) is 0 Å². The van der Waals surface area contributed by atoms with Crippen LogP contribution in [0.1, 0.15) is 0 Å². The van der Waals surface area contributed by atoms with E-state index in [4.69, 9.17) is 5.73 Å². The highest BCUT2D eigenvalue weighted by molar-refractivity contribution is 7.98. The Morgan fingerprint density at radius 2 is 2.11 bits per heavy atom. The Hall–Kier alpha value is -1.66. The van der Waals surface area contributed by atoms with Crippen LogP contribution in [-0.4, -0.2) is 16.2 Å². The zero-order valence-electron chi connectivity index (χ0n) is 10.1. The van der Waals surface area contributed by atoms with Gasteiger partial charge in [0.2, 0.25) is 0 Å². The lowest BCUT2D eigenvalue weighted by Crippen LogP contribution is -1.98. The first-order chi connectivity index (χ1) is 9.20. The van der Waals surface area contributed by atoms with Crippen LogP contribution in [0.15, 0.2) is 34.5 Å². The predicted octanol–water partition coefficient (Wildman–Crippen LogP) is 3.80. The first-order valence-electron chi connectivity index (χ1n) is 5.54. The van der Waals surface area contributed by atoms with Crippen molar-refractivity contribution < 1.29 is 4.39 Å². The van der Waals surface area contributed by atoms with Crippen molar-refractivity contribution >= 4 is 39.1 Å². The third-order valence-electron chi connectivity index (χ3n) is 2.77. The summed E-state index contributed by atoms with van der Waals surface area (Å²) < 4.78 is 14.0. The van der Waals surface area contributed by atoms with Gasteiger partial charge in [0, 0.05) is 4.90 Å². The highest BCUT2D eigenvalue weighted by Crippen LogP contribution is 2.33. The molecule has 3 rings (SSSR count). The molecule has 0 amide bonds. The molecule has 2 heterocycles. The molecule has 1 aromatic carbocycles. The zero-order valence-corrected chi connectivity index (χ0v) is 11.7. The van der Waals surface area contributed by atoms with Gasteiger partial charge in [-0.3, -0.25) is 0 Å². The quantitative estimate of drug-likeness (QED) is 0.730. The number of thiophene rings is 1. The molecular weight excluding hydrogens is 281 g/mol. The van der Waals surface area contributed by atoms with Gasteiger partial charge in [-0.15, -0.1) is 23.1 Å². The molecule has 0 spiro atoms. The maximum Gasteiger partial charge on any atom is 0.167 e. The first kappa shape index (κ1) is 12.4. The van der Waals surface area contributed by atoms with E-state index in [1.54, 1.807) is 6.07 Å². The van der Waals surface area contributed by atoms with E-state index in [2.05, 4.69) is 9.97 Å². The Labute approximate surface area is 117 Å². The number of nitrogens with zero attached hydrogens (tertiary/aromatic N) is 2. The van der Waals surface area contributed by atoms with Gasteiger partial charge in [0.1, 0.15) is 16.5 Å². The average molecular weight is 291 g/mol. The maximum atomic E-state index is 14.0. The van der Waals surface area contributed by atoms with Crippen molar-refractivity contribution in [3.8, 4) is 11.4 Å². The fourth-order valence-corrected chi connectivity index (χ4v) is 3.26. The van der Waals surface area contributed by atoms with Crippen LogP contribution < -0.4 is 5.73 Å². The Morgan fingerprint density at radius 1 is 1.26 bits per heavy atom. The van der Waals surface area contributed by atoms with E-state index in [1.807, 2.05) is 23.8 Å². The van der Waals surface area contributed by atoms with Crippen LogP contribution >= 0.6 is 23.1 Å². The van der Waals surface area contributed by atoms with Gasteiger partial charge in [-0.25, -0.2) is 14.4 Å². The Bertz CT molecular complexity index is 755. The molecule has 96 valence electrons. The lowest BCUT2D eigenvalue weighted by molar-refractivity contribution is 0.627. The third kappa shape index (κ3) is 2.06. The summed E-state index contributed by atoms with van der Waals surface area (Å²) in [4.78, 5) is 10.2. The summed E-state index contributed by atoms with van der Waals surface area (Å²) in [6.45, 7) is 0. The molecule has 3 nitrogen and oxygen atoms in total. The number of nitrogens with two attached hydrogens (primary N) is 1. The van der Waals surface area contributed by atoms with E-state index in [0.29, 0.717) is 17.2 Å². The Balaban J connectivity index is 2.30. The van der Waals surface area contributed by atoms with E-state index < -0.39 is 0 Å². The molecule has 2 aromatic heterocycles. The van der Waals surface area contributed by atoms with Crippen LogP contribution in [-0.2, 0) is 0 Å². The van der Waals surface area contributed by atoms with E-state index in [-0.39, 0.29) is 5.82 Å². The van der Waals surface area contributed by atoms with E-state index in [0.717, 1.165) is 15.1 Å². The maximum absolute atomic E-state index is 14.0. The molecule has 0 atom stereocenters. The number of hydrogen-bond acceptors (Lipinski definition) is 5. The fraction of sp³-hybridized carbons (Fsp3) is 0.0769. The second kappa shape index (κ2) is 4.79. The molecule has 0 fully saturated rings. The monoisotopic (exact) mass is 291 g/mol. The minimum absolute atomic E-state index is 0.331. The number of thioether (sulfide) groups is 1. The van der Waals surface area contributed by atoms with Crippen LogP contribution in [0, 0.1) is 5.82 Å². The van der Waals surface area contributed by atoms with E-state index in [9.17, 15) is 4.39 Å². The highest BCUT2D eigenvalue weighted by atomic mass is 32.2. The number of fused-ring (bicyclic) bond motifs is 1. The summed E-state index contributed by atoms with van der Waals surface area (Å²) in [5.74, 6) is 0.397. The van der Waals surface area contributed by atoms with Crippen LogP contribution in [0.25, 0.3) is 21.6 Å². The van der Waals surface area contributed by atoms with Crippen molar-refractivity contribution in [3.05, 3.63) is 35.5 Å². The van der Waals surface area contributed by atoms with Gasteiger partial charge in [0.25, 0.3) is 0 Å². The Morgan fingerprint density at radius 3 is 2.89 bits per heavy atom. The summed E-state index contributed by atoms with van der Waals surface area (Å²) in [5.41, 5.74) is 6.32. The zero-order chi connectivity index (χ0) is 13.4. The van der Waals surface area contributed by atoms with Gasteiger partial charge in [0.15, 0.2) is 5.82 Å². The van der Waals surface area contributed by atoms with Crippen LogP contribution in [0.2, 0.25) is 0 Å². The molecular formula is C13H10FN3S2. The lowest BCUT2D eigenvalue weighted by Gasteiger charge is -2.08. The van der Waals surface area contributed by atoms with Crippen molar-refractivity contribution in [1.29, 1.82) is 0 Å². The number of rotatable bonds is 2. The molecule has 3 aromatic rings. The van der Waals surface area contributed by atoms with Crippen molar-refractivity contribution in [2.45, 2.75) is 4.90 Å². The minimum Gasteiger partial charge on any atom is -0.383 e. The second-order valence-corrected chi connectivity index (χ2v) is 5.63. The Kier molecular flexibility index (Phi) is 3.12. The molecule has 0 aliphatic heterocycles. The van der Waals surface area contributed by atoms with Gasteiger partial charge in [-0.05, 0) is 29.8 Å². The lowest BCUT2D eigenvalue weighted by atomic mass is 10.2. The van der Waals surface area contributed by atoms with Crippen molar-refractivity contribution in [3.63, 3.8) is 0 Å². The van der Waals surface area contributed by atoms with Crippen molar-refractivity contribution in [1.82, 2.24) is 9.97 Å². The standard InChI is InChI=1S/C13H10FN3S2/c1-18-9-4-2-3-8(14)10(9)12-16-11(15)7-5-6-19-13(7)17-12/h2-6H,1H3,(H2,15,16,17). The molecule has 0 saturated carbocycles. The van der Waals surface area contributed by atoms with Gasteiger partial charge >= 0.3 is 0 Å². The topological polar surface area (TPSA) is 51.8 Å². The molecule has 0 bridgehead atoms. The third-order valence-corrected chi connectivity index (χ3v) is 4.36. The fourth-order valence-electron chi connectivity index (χ4n) is 1.88. The van der Waals surface area contributed by atoms with E-state index >= 15 is 0 Å². The molecule has 19 heavy (non-hydrogen) atoms. The number of benzene rings is 1. The normalized spacial score (nSPS) is 11.1. The molecule has 0 radical (unpaired) electrons. The summed E-state index contributed by atoms with van der Waals surface area (Å²) in [6.07, 6.45) is 1.89. The highest BCUT2D eigenvalue weighted by Gasteiger charge is 2.15. The van der Waals surface area contributed by atoms with Crippen molar-refractivity contribution in [2.24, 2.45) is 0 Å². The average Bonchev–Trinajstić information content (AvgIpc) is 2.87. The number of aromatic nitrogens is 2. The number of anilines is 1. The summed E-state index contributed by atoms with van der Waals surface area (Å²) in [6, 6.07) is 6.81. The summed E-state index contributed by atoms with van der Waals surface area (Å²) >= 11 is 2.93. The van der Waals surface area contributed by atoms with Crippen LogP contribution in [0.4, 0.5) is 10.2 Å². The molecule has 0 unspecified atom stereocenters. The largest absolute Gasteiger partial charge is 0.383 e.